The summed E-state index contributed by atoms with van der Waals surface area (Å²) in [4.78, 5) is 40.9. The summed E-state index contributed by atoms with van der Waals surface area (Å²) >= 11 is 0. The predicted octanol–water partition coefficient (Wildman–Crippen LogP) is 2.85. The lowest BCUT2D eigenvalue weighted by atomic mass is 10.2. The molecule has 168 valence electrons. The Morgan fingerprint density at radius 1 is 0.969 bits per heavy atom. The number of anilines is 2. The number of amides is 5. The summed E-state index contributed by atoms with van der Waals surface area (Å²) < 4.78 is 13.0. The quantitative estimate of drug-likeness (QED) is 0.684. The summed E-state index contributed by atoms with van der Waals surface area (Å²) in [5.74, 6) is -0.495. The van der Waals surface area contributed by atoms with Crippen LogP contribution in [0.4, 0.5) is 25.4 Å². The Bertz CT molecular complexity index is 996. The first kappa shape index (κ1) is 21.6. The molecule has 0 spiro atoms. The molecule has 0 aromatic heterocycles. The van der Waals surface area contributed by atoms with Crippen molar-refractivity contribution in [3.63, 3.8) is 0 Å². The summed E-state index contributed by atoms with van der Waals surface area (Å²) in [6.45, 7) is 3.38. The van der Waals surface area contributed by atoms with E-state index in [1.54, 1.807) is 9.80 Å². The maximum Gasteiger partial charge on any atom is 0.319 e. The van der Waals surface area contributed by atoms with Gasteiger partial charge in [0.1, 0.15) is 11.9 Å². The summed E-state index contributed by atoms with van der Waals surface area (Å²) in [5.41, 5.74) is 2.43. The number of nitrogens with zero attached hydrogens (tertiary/aromatic N) is 2. The van der Waals surface area contributed by atoms with Crippen LogP contribution in [0, 0.1) is 12.7 Å². The second kappa shape index (κ2) is 9.25. The number of urea groups is 2. The first-order chi connectivity index (χ1) is 15.4. The molecular weight excluding hydrogens is 413 g/mol. The molecule has 0 saturated carbocycles. The Kier molecular flexibility index (Phi) is 6.25. The SMILES string of the molecule is Cc1ccc(N2CCC(NC(=O)N3CCC(NC(=O)Nc4ccc(F)cc4)C3)C2=O)cc1. The van der Waals surface area contributed by atoms with Gasteiger partial charge in [-0.2, -0.15) is 0 Å². The summed E-state index contributed by atoms with van der Waals surface area (Å²) in [5, 5.41) is 8.30. The van der Waals surface area contributed by atoms with E-state index in [2.05, 4.69) is 16.0 Å². The van der Waals surface area contributed by atoms with Gasteiger partial charge in [-0.05, 0) is 56.2 Å². The van der Waals surface area contributed by atoms with E-state index < -0.39 is 12.1 Å². The highest BCUT2D eigenvalue weighted by Crippen LogP contribution is 2.22. The van der Waals surface area contributed by atoms with Gasteiger partial charge in [-0.1, -0.05) is 17.7 Å². The Morgan fingerprint density at radius 2 is 1.69 bits per heavy atom. The van der Waals surface area contributed by atoms with Crippen LogP contribution >= 0.6 is 0 Å². The van der Waals surface area contributed by atoms with Crippen molar-refractivity contribution < 1.29 is 18.8 Å². The van der Waals surface area contributed by atoms with Gasteiger partial charge in [0.05, 0.1) is 0 Å². The van der Waals surface area contributed by atoms with Crippen molar-refractivity contribution in [2.75, 3.05) is 29.9 Å². The molecule has 0 radical (unpaired) electrons. The average Bonchev–Trinajstić information content (AvgIpc) is 3.37. The molecule has 2 aromatic rings. The number of likely N-dealkylation sites (tertiary alicyclic amines) is 1. The minimum absolute atomic E-state index is 0.116. The number of rotatable bonds is 4. The first-order valence-electron chi connectivity index (χ1n) is 10.7. The number of nitrogens with one attached hydrogen (secondary N) is 3. The van der Waals surface area contributed by atoms with Crippen LogP contribution in [-0.4, -0.2) is 54.6 Å². The van der Waals surface area contributed by atoms with E-state index in [9.17, 15) is 18.8 Å². The summed E-state index contributed by atoms with van der Waals surface area (Å²) in [6, 6.07) is 11.7. The molecule has 0 bridgehead atoms. The smallest absolute Gasteiger partial charge is 0.319 e. The normalized spacial score (nSPS) is 20.4. The molecule has 9 heteroatoms. The van der Waals surface area contributed by atoms with E-state index in [4.69, 9.17) is 0 Å². The van der Waals surface area contributed by atoms with Gasteiger partial charge in [-0.15, -0.1) is 0 Å². The molecule has 0 aliphatic carbocycles. The number of benzene rings is 2. The summed E-state index contributed by atoms with van der Waals surface area (Å²) in [7, 11) is 0. The third kappa shape index (κ3) is 4.99. The highest BCUT2D eigenvalue weighted by Gasteiger charge is 2.36. The third-order valence-corrected chi connectivity index (χ3v) is 5.76. The van der Waals surface area contributed by atoms with Crippen LogP contribution in [0.1, 0.15) is 18.4 Å². The molecule has 2 heterocycles. The highest BCUT2D eigenvalue weighted by atomic mass is 19.1. The molecule has 32 heavy (non-hydrogen) atoms. The second-order valence-electron chi connectivity index (χ2n) is 8.15. The van der Waals surface area contributed by atoms with Crippen molar-refractivity contribution in [3.8, 4) is 0 Å². The molecule has 8 nitrogen and oxygen atoms in total. The van der Waals surface area contributed by atoms with Gasteiger partial charge >= 0.3 is 12.1 Å². The van der Waals surface area contributed by atoms with E-state index in [1.165, 1.54) is 24.3 Å². The minimum atomic E-state index is -0.558. The number of hydrogen-bond donors (Lipinski definition) is 3. The number of halogens is 1. The fraction of sp³-hybridized carbons (Fsp3) is 0.348. The van der Waals surface area contributed by atoms with Gasteiger partial charge in [0.2, 0.25) is 5.91 Å². The fourth-order valence-corrected chi connectivity index (χ4v) is 3.98. The van der Waals surface area contributed by atoms with Crippen LogP contribution in [0.5, 0.6) is 0 Å². The van der Waals surface area contributed by atoms with Crippen molar-refractivity contribution in [1.29, 1.82) is 0 Å². The molecule has 3 N–H and O–H groups in total. The van der Waals surface area contributed by atoms with Gasteiger partial charge in [0.25, 0.3) is 0 Å². The Morgan fingerprint density at radius 3 is 2.41 bits per heavy atom. The maximum atomic E-state index is 13.0. The van der Waals surface area contributed by atoms with Crippen molar-refractivity contribution in [2.45, 2.75) is 31.8 Å². The lowest BCUT2D eigenvalue weighted by Gasteiger charge is -2.21. The van der Waals surface area contributed by atoms with E-state index in [1.807, 2.05) is 31.2 Å². The fourth-order valence-electron chi connectivity index (χ4n) is 3.98. The lowest BCUT2D eigenvalue weighted by Crippen LogP contribution is -2.48. The second-order valence-corrected chi connectivity index (χ2v) is 8.15. The lowest BCUT2D eigenvalue weighted by molar-refractivity contribution is -0.118. The number of carbonyl (C=O) groups is 3. The highest BCUT2D eigenvalue weighted by molar-refractivity contribution is 6.01. The van der Waals surface area contributed by atoms with Crippen LogP contribution in [0.25, 0.3) is 0 Å². The van der Waals surface area contributed by atoms with Crippen molar-refractivity contribution in [1.82, 2.24) is 15.5 Å². The predicted molar refractivity (Wildman–Crippen MR) is 119 cm³/mol. The standard InChI is InChI=1S/C23H26FN5O3/c1-15-2-8-19(9-3-15)29-13-11-20(21(29)30)27-23(32)28-12-10-18(14-28)26-22(31)25-17-6-4-16(24)5-7-17/h2-9,18,20H,10-14H2,1H3,(H,27,32)(H2,25,26,31). The van der Waals surface area contributed by atoms with Gasteiger partial charge < -0.3 is 25.8 Å². The topological polar surface area (TPSA) is 93.8 Å². The Balaban J connectivity index is 1.25. The Labute approximate surface area is 185 Å². The molecule has 2 aliphatic rings. The van der Waals surface area contributed by atoms with E-state index in [0.29, 0.717) is 38.2 Å². The maximum absolute atomic E-state index is 13.0. The van der Waals surface area contributed by atoms with Crippen LogP contribution < -0.4 is 20.9 Å². The van der Waals surface area contributed by atoms with E-state index >= 15 is 0 Å². The van der Waals surface area contributed by atoms with Crippen molar-refractivity contribution in [3.05, 3.63) is 59.9 Å². The van der Waals surface area contributed by atoms with E-state index in [0.717, 1.165) is 11.3 Å². The van der Waals surface area contributed by atoms with Crippen molar-refractivity contribution >= 4 is 29.3 Å². The molecule has 5 amide bonds. The molecule has 2 atom stereocenters. The molecule has 2 unspecified atom stereocenters. The van der Waals surface area contributed by atoms with Crippen LogP contribution in [-0.2, 0) is 4.79 Å². The van der Waals surface area contributed by atoms with Crippen molar-refractivity contribution in [2.24, 2.45) is 0 Å². The molecule has 2 fully saturated rings. The minimum Gasteiger partial charge on any atom is -0.333 e. The molecule has 2 saturated heterocycles. The zero-order valence-electron chi connectivity index (χ0n) is 17.8. The number of hydrogen-bond acceptors (Lipinski definition) is 3. The van der Waals surface area contributed by atoms with Crippen LogP contribution in [0.3, 0.4) is 0 Å². The zero-order valence-corrected chi connectivity index (χ0v) is 17.8. The van der Waals surface area contributed by atoms with Gasteiger partial charge in [0, 0.05) is 37.1 Å². The summed E-state index contributed by atoms with van der Waals surface area (Å²) in [6.07, 6.45) is 1.16. The average molecular weight is 439 g/mol. The van der Waals surface area contributed by atoms with Crippen LogP contribution in [0.2, 0.25) is 0 Å². The van der Waals surface area contributed by atoms with E-state index in [-0.39, 0.29) is 23.8 Å². The first-order valence-corrected chi connectivity index (χ1v) is 10.7. The van der Waals surface area contributed by atoms with Gasteiger partial charge in [-0.25, -0.2) is 14.0 Å². The Hall–Kier alpha value is -3.62. The zero-order chi connectivity index (χ0) is 22.7. The largest absolute Gasteiger partial charge is 0.333 e. The third-order valence-electron chi connectivity index (χ3n) is 5.76. The number of carbonyl (C=O) groups excluding carboxylic acids is 3. The van der Waals surface area contributed by atoms with Gasteiger partial charge in [-0.3, -0.25) is 4.79 Å². The molecule has 2 aliphatic heterocycles. The monoisotopic (exact) mass is 439 g/mol. The number of aryl methyl sites for hydroxylation is 1. The van der Waals surface area contributed by atoms with Crippen LogP contribution in [0.15, 0.2) is 48.5 Å². The molecule has 2 aromatic carbocycles. The van der Waals surface area contributed by atoms with Gasteiger partial charge in [0.15, 0.2) is 0 Å². The molecular formula is C23H26FN5O3. The molecule has 4 rings (SSSR count).